The molecule has 0 aliphatic heterocycles. The number of nitrogens with zero attached hydrogens (tertiary/aromatic N) is 1. The zero-order valence-corrected chi connectivity index (χ0v) is 23.4. The summed E-state index contributed by atoms with van der Waals surface area (Å²) in [5.41, 5.74) is 3.79. The first-order chi connectivity index (χ1) is 18.4. The van der Waals surface area contributed by atoms with E-state index in [-0.39, 0.29) is 9.79 Å². The lowest BCUT2D eigenvalue weighted by Crippen LogP contribution is -2.38. The molecule has 39 heavy (non-hydrogen) atoms. The predicted molar refractivity (Wildman–Crippen MR) is 154 cm³/mol. The number of hydrogen-bond acceptors (Lipinski definition) is 5. The van der Waals surface area contributed by atoms with E-state index in [4.69, 9.17) is 0 Å². The van der Waals surface area contributed by atoms with Crippen LogP contribution in [0.3, 0.4) is 0 Å². The lowest BCUT2D eigenvalue weighted by Gasteiger charge is -2.24. The van der Waals surface area contributed by atoms with Crippen molar-refractivity contribution in [3.63, 3.8) is 0 Å². The highest BCUT2D eigenvalue weighted by atomic mass is 32.2. The van der Waals surface area contributed by atoms with Gasteiger partial charge in [-0.15, -0.1) is 0 Å². The van der Waals surface area contributed by atoms with Gasteiger partial charge in [-0.1, -0.05) is 42.0 Å². The van der Waals surface area contributed by atoms with Crippen LogP contribution < -0.4 is 14.3 Å². The highest BCUT2D eigenvalue weighted by Crippen LogP contribution is 2.25. The topological polar surface area (TPSA) is 113 Å². The first-order valence-corrected chi connectivity index (χ1v) is 15.0. The summed E-state index contributed by atoms with van der Waals surface area (Å²) in [5, 5.41) is 2.66. The number of rotatable bonds is 9. The van der Waals surface area contributed by atoms with Gasteiger partial charge in [0.2, 0.25) is 5.91 Å². The third-order valence-electron chi connectivity index (χ3n) is 5.90. The molecule has 0 saturated heterocycles. The average molecular weight is 564 g/mol. The molecule has 0 aliphatic rings. The maximum atomic E-state index is 13.5. The summed E-state index contributed by atoms with van der Waals surface area (Å²) in [5.74, 6) is -0.583. The summed E-state index contributed by atoms with van der Waals surface area (Å²) < 4.78 is 56.2. The van der Waals surface area contributed by atoms with Gasteiger partial charge in [0.05, 0.1) is 15.5 Å². The van der Waals surface area contributed by atoms with Gasteiger partial charge >= 0.3 is 0 Å². The number of carbonyl (C=O) groups excluding carboxylic acids is 1. The minimum absolute atomic E-state index is 0.0188. The second kappa shape index (κ2) is 11.3. The molecule has 0 unspecified atom stereocenters. The van der Waals surface area contributed by atoms with E-state index in [0.717, 1.165) is 21.0 Å². The van der Waals surface area contributed by atoms with Crippen LogP contribution >= 0.6 is 0 Å². The Morgan fingerprint density at radius 2 is 1.26 bits per heavy atom. The predicted octanol–water partition coefficient (Wildman–Crippen LogP) is 5.25. The molecule has 1 amide bonds. The highest BCUT2D eigenvalue weighted by molar-refractivity contribution is 7.93. The summed E-state index contributed by atoms with van der Waals surface area (Å²) in [4.78, 5) is 13.1. The molecule has 2 N–H and O–H groups in total. The molecule has 4 aromatic carbocycles. The van der Waals surface area contributed by atoms with Crippen molar-refractivity contribution in [2.24, 2.45) is 0 Å². The van der Waals surface area contributed by atoms with E-state index in [1.807, 2.05) is 32.9 Å². The first kappa shape index (κ1) is 27.9. The van der Waals surface area contributed by atoms with Crippen molar-refractivity contribution in [2.75, 3.05) is 20.9 Å². The molecule has 0 spiro atoms. The molecule has 202 valence electrons. The van der Waals surface area contributed by atoms with Gasteiger partial charge in [0.15, 0.2) is 0 Å². The lowest BCUT2D eigenvalue weighted by atomic mass is 10.2. The van der Waals surface area contributed by atoms with E-state index in [1.54, 1.807) is 48.5 Å². The summed E-state index contributed by atoms with van der Waals surface area (Å²) in [6, 6.07) is 25.9. The monoisotopic (exact) mass is 563 g/mol. The number of aryl methyl sites for hydroxylation is 3. The van der Waals surface area contributed by atoms with Crippen molar-refractivity contribution in [3.05, 3.63) is 114 Å². The molecule has 4 aromatic rings. The van der Waals surface area contributed by atoms with Crippen molar-refractivity contribution < 1.29 is 21.6 Å². The molecule has 8 nitrogen and oxygen atoms in total. The molecule has 0 aromatic heterocycles. The Labute approximate surface area is 229 Å². The van der Waals surface area contributed by atoms with Crippen molar-refractivity contribution in [1.29, 1.82) is 0 Å². The fraction of sp³-hybridized carbons (Fsp3) is 0.138. The van der Waals surface area contributed by atoms with Crippen LogP contribution in [0.5, 0.6) is 0 Å². The van der Waals surface area contributed by atoms with E-state index in [1.165, 1.54) is 36.4 Å². The molecule has 10 heteroatoms. The Hall–Kier alpha value is -4.15. The fourth-order valence-electron chi connectivity index (χ4n) is 3.91. The minimum Gasteiger partial charge on any atom is -0.325 e. The minimum atomic E-state index is -4.05. The number of anilines is 3. The lowest BCUT2D eigenvalue weighted by molar-refractivity contribution is -0.114. The van der Waals surface area contributed by atoms with Crippen LogP contribution in [0, 0.1) is 20.8 Å². The standard InChI is InChI=1S/C29H29N3O5S2/c1-21-10-14-28(15-11-21)39(36,37)32(26-9-5-7-23(3)19-26)20-29(33)30-24-12-16-27(17-13-24)38(34,35)31-25-8-4-6-22(2)18-25/h4-19,31H,20H2,1-3H3,(H,30,33). The summed E-state index contributed by atoms with van der Waals surface area (Å²) in [6.45, 7) is 5.08. The van der Waals surface area contributed by atoms with E-state index in [0.29, 0.717) is 17.1 Å². The van der Waals surface area contributed by atoms with Gasteiger partial charge in [0, 0.05) is 11.4 Å². The van der Waals surface area contributed by atoms with Crippen molar-refractivity contribution >= 4 is 43.0 Å². The molecular formula is C29H29N3O5S2. The number of carbonyl (C=O) groups is 1. The van der Waals surface area contributed by atoms with Crippen LogP contribution in [-0.2, 0) is 24.8 Å². The van der Waals surface area contributed by atoms with E-state index in [2.05, 4.69) is 10.0 Å². The van der Waals surface area contributed by atoms with Gasteiger partial charge in [-0.2, -0.15) is 0 Å². The van der Waals surface area contributed by atoms with E-state index in [9.17, 15) is 21.6 Å². The van der Waals surface area contributed by atoms with Gasteiger partial charge in [-0.05, 0) is 92.6 Å². The Morgan fingerprint density at radius 3 is 1.87 bits per heavy atom. The summed E-state index contributed by atoms with van der Waals surface area (Å²) in [7, 11) is -7.89. The smallest absolute Gasteiger partial charge is 0.264 e. The normalized spacial score (nSPS) is 11.6. The van der Waals surface area contributed by atoms with Crippen molar-refractivity contribution in [1.82, 2.24) is 0 Å². The number of benzene rings is 4. The number of nitrogens with one attached hydrogen (secondary N) is 2. The molecule has 0 fully saturated rings. The summed E-state index contributed by atoms with van der Waals surface area (Å²) >= 11 is 0. The molecule has 0 radical (unpaired) electrons. The van der Waals surface area contributed by atoms with Crippen LogP contribution in [0.2, 0.25) is 0 Å². The third kappa shape index (κ3) is 6.84. The van der Waals surface area contributed by atoms with Crippen LogP contribution in [0.1, 0.15) is 16.7 Å². The van der Waals surface area contributed by atoms with Crippen molar-refractivity contribution in [2.45, 2.75) is 30.6 Å². The number of sulfonamides is 2. The Morgan fingerprint density at radius 1 is 0.667 bits per heavy atom. The van der Waals surface area contributed by atoms with Crippen LogP contribution in [0.15, 0.2) is 107 Å². The number of amides is 1. The first-order valence-electron chi connectivity index (χ1n) is 12.1. The van der Waals surface area contributed by atoms with Gasteiger partial charge < -0.3 is 5.32 Å². The molecule has 0 aliphatic carbocycles. The SMILES string of the molecule is Cc1ccc(S(=O)(=O)N(CC(=O)Nc2ccc(S(=O)(=O)Nc3cccc(C)c3)cc2)c2cccc(C)c2)cc1. The molecule has 0 bridgehead atoms. The Balaban J connectivity index is 1.53. The largest absolute Gasteiger partial charge is 0.325 e. The van der Waals surface area contributed by atoms with Gasteiger partial charge in [-0.3, -0.25) is 13.8 Å². The van der Waals surface area contributed by atoms with Crippen LogP contribution in [-0.4, -0.2) is 29.3 Å². The quantitative estimate of drug-likeness (QED) is 0.289. The second-order valence-electron chi connectivity index (χ2n) is 9.21. The Bertz CT molecular complexity index is 1700. The summed E-state index contributed by atoms with van der Waals surface area (Å²) in [6.07, 6.45) is 0. The second-order valence-corrected chi connectivity index (χ2v) is 12.8. The molecular weight excluding hydrogens is 534 g/mol. The average Bonchev–Trinajstić information content (AvgIpc) is 2.87. The van der Waals surface area contributed by atoms with Gasteiger partial charge in [-0.25, -0.2) is 16.8 Å². The number of hydrogen-bond donors (Lipinski definition) is 2. The van der Waals surface area contributed by atoms with Crippen molar-refractivity contribution in [3.8, 4) is 0 Å². The zero-order chi connectivity index (χ0) is 28.2. The Kier molecular flexibility index (Phi) is 8.08. The van der Waals surface area contributed by atoms with E-state index >= 15 is 0 Å². The van der Waals surface area contributed by atoms with Crippen LogP contribution in [0.25, 0.3) is 0 Å². The van der Waals surface area contributed by atoms with Gasteiger partial charge in [0.25, 0.3) is 20.0 Å². The molecule has 4 rings (SSSR count). The maximum Gasteiger partial charge on any atom is 0.264 e. The van der Waals surface area contributed by atoms with E-state index < -0.39 is 32.5 Å². The molecule has 0 atom stereocenters. The third-order valence-corrected chi connectivity index (χ3v) is 9.09. The van der Waals surface area contributed by atoms with Crippen LogP contribution in [0.4, 0.5) is 17.1 Å². The molecule has 0 heterocycles. The molecule has 0 saturated carbocycles. The highest BCUT2D eigenvalue weighted by Gasteiger charge is 2.27. The zero-order valence-electron chi connectivity index (χ0n) is 21.7. The fourth-order valence-corrected chi connectivity index (χ4v) is 6.37. The maximum absolute atomic E-state index is 13.5. The van der Waals surface area contributed by atoms with Gasteiger partial charge in [0.1, 0.15) is 6.54 Å².